The number of rotatable bonds is 1. The zero-order chi connectivity index (χ0) is 10.1. The summed E-state index contributed by atoms with van der Waals surface area (Å²) in [5, 5.41) is 2.20. The van der Waals surface area contributed by atoms with Gasteiger partial charge in [0.1, 0.15) is 9.45 Å². The zero-order valence-corrected chi connectivity index (χ0v) is 11.2. The smallest absolute Gasteiger partial charge is 0.145 e. The molecule has 0 saturated carbocycles. The fourth-order valence-electron chi connectivity index (χ4n) is 1.32. The predicted octanol–water partition coefficient (Wildman–Crippen LogP) is 3.61. The minimum absolute atomic E-state index is 0.813. The topological polar surface area (TPSA) is 22.1 Å². The van der Waals surface area contributed by atoms with E-state index >= 15 is 0 Å². The highest BCUT2D eigenvalue weighted by molar-refractivity contribution is 14.1. The predicted molar refractivity (Wildman–Crippen MR) is 68.7 cm³/mol. The number of ether oxygens (including phenoxy) is 1. The molecular weight excluding hydrogens is 357 g/mol. The van der Waals surface area contributed by atoms with Crippen molar-refractivity contribution < 1.29 is 4.74 Å². The average Bonchev–Trinajstić information content (AvgIpc) is 2.19. The van der Waals surface area contributed by atoms with Crippen molar-refractivity contribution in [2.24, 2.45) is 0 Å². The fourth-order valence-corrected chi connectivity index (χ4v) is 2.27. The van der Waals surface area contributed by atoms with Crippen LogP contribution in [0.5, 0.6) is 5.75 Å². The molecule has 72 valence electrons. The minimum atomic E-state index is 0.813. The van der Waals surface area contributed by atoms with E-state index in [1.165, 1.54) is 0 Å². The van der Waals surface area contributed by atoms with E-state index in [1.54, 1.807) is 13.3 Å². The van der Waals surface area contributed by atoms with Gasteiger partial charge < -0.3 is 4.74 Å². The molecule has 0 atom stereocenters. The molecule has 1 aromatic heterocycles. The molecule has 0 unspecified atom stereocenters. The van der Waals surface area contributed by atoms with Crippen LogP contribution in [0.1, 0.15) is 0 Å². The molecule has 4 heteroatoms. The second kappa shape index (κ2) is 4.02. The molecule has 14 heavy (non-hydrogen) atoms. The lowest BCUT2D eigenvalue weighted by atomic mass is 10.2. The molecular formula is C10H7BrINO. The second-order valence-electron chi connectivity index (χ2n) is 2.81. The van der Waals surface area contributed by atoms with Crippen LogP contribution in [0, 0.1) is 3.70 Å². The lowest BCUT2D eigenvalue weighted by molar-refractivity contribution is 0.418. The number of nitrogens with zero attached hydrogens (tertiary/aromatic N) is 1. The van der Waals surface area contributed by atoms with Gasteiger partial charge in [-0.2, -0.15) is 0 Å². The molecule has 2 rings (SSSR count). The quantitative estimate of drug-likeness (QED) is 0.570. The highest BCUT2D eigenvalue weighted by Gasteiger charge is 2.05. The van der Waals surface area contributed by atoms with Crippen LogP contribution in [0.25, 0.3) is 10.8 Å². The number of hydrogen-bond acceptors (Lipinski definition) is 2. The lowest BCUT2D eigenvalue weighted by Crippen LogP contribution is -1.89. The first kappa shape index (κ1) is 10.2. The number of halogens is 2. The van der Waals surface area contributed by atoms with Gasteiger partial charge in [-0.25, -0.2) is 4.98 Å². The van der Waals surface area contributed by atoms with Crippen LogP contribution in [0.4, 0.5) is 0 Å². The van der Waals surface area contributed by atoms with Crippen molar-refractivity contribution in [1.82, 2.24) is 4.98 Å². The van der Waals surface area contributed by atoms with E-state index in [9.17, 15) is 0 Å². The number of methoxy groups -OCH3 is 1. The van der Waals surface area contributed by atoms with Crippen molar-refractivity contribution in [1.29, 1.82) is 0 Å². The molecule has 0 aliphatic heterocycles. The summed E-state index contributed by atoms with van der Waals surface area (Å²) in [5.74, 6) is 0.813. The lowest BCUT2D eigenvalue weighted by Gasteiger charge is -2.06. The maximum atomic E-state index is 5.24. The second-order valence-corrected chi connectivity index (χ2v) is 4.74. The molecule has 0 bridgehead atoms. The van der Waals surface area contributed by atoms with Gasteiger partial charge in [0.2, 0.25) is 0 Å². The van der Waals surface area contributed by atoms with Crippen LogP contribution >= 0.6 is 38.5 Å². The zero-order valence-electron chi connectivity index (χ0n) is 7.42. The van der Waals surface area contributed by atoms with Crippen LogP contribution in [0.15, 0.2) is 28.9 Å². The Morgan fingerprint density at radius 3 is 2.86 bits per heavy atom. The van der Waals surface area contributed by atoms with Crippen LogP contribution in [0.2, 0.25) is 0 Å². The van der Waals surface area contributed by atoms with Crippen molar-refractivity contribution in [3.8, 4) is 5.75 Å². The number of benzene rings is 1. The molecule has 0 saturated heterocycles. The van der Waals surface area contributed by atoms with Gasteiger partial charge in [-0.15, -0.1) is 0 Å². The molecule has 2 nitrogen and oxygen atoms in total. The van der Waals surface area contributed by atoms with Crippen molar-refractivity contribution in [2.75, 3.05) is 7.11 Å². The van der Waals surface area contributed by atoms with Crippen LogP contribution in [-0.2, 0) is 0 Å². The Kier molecular flexibility index (Phi) is 2.92. The summed E-state index contributed by atoms with van der Waals surface area (Å²) in [6.45, 7) is 0. The molecule has 0 aliphatic carbocycles. The van der Waals surface area contributed by atoms with Crippen LogP contribution in [0.3, 0.4) is 0 Å². The normalized spacial score (nSPS) is 10.5. The third kappa shape index (κ3) is 1.72. The van der Waals surface area contributed by atoms with E-state index in [0.29, 0.717) is 0 Å². The Morgan fingerprint density at radius 2 is 2.14 bits per heavy atom. The molecule has 0 radical (unpaired) electrons. The summed E-state index contributed by atoms with van der Waals surface area (Å²) in [6.07, 6.45) is 1.75. The number of aromatic nitrogens is 1. The van der Waals surface area contributed by atoms with Gasteiger partial charge in [-0.3, -0.25) is 0 Å². The molecule has 0 N–H and O–H groups in total. The third-order valence-electron chi connectivity index (χ3n) is 1.98. The van der Waals surface area contributed by atoms with Gasteiger partial charge in [0.15, 0.2) is 0 Å². The van der Waals surface area contributed by atoms with Crippen molar-refractivity contribution in [2.45, 2.75) is 0 Å². The van der Waals surface area contributed by atoms with Crippen molar-refractivity contribution >= 4 is 49.3 Å². The number of hydrogen-bond donors (Lipinski definition) is 0. The van der Waals surface area contributed by atoms with Crippen molar-refractivity contribution in [3.05, 3.63) is 32.6 Å². The Bertz CT molecular complexity index is 487. The molecule has 1 heterocycles. The summed E-state index contributed by atoms with van der Waals surface area (Å²) >= 11 is 5.66. The first-order chi connectivity index (χ1) is 6.72. The Labute approximate surface area is 104 Å². The SMILES string of the molecule is COc1cnc(I)c2cc(Br)ccc12. The van der Waals surface area contributed by atoms with Gasteiger partial charge in [-0.1, -0.05) is 15.9 Å². The van der Waals surface area contributed by atoms with E-state index in [0.717, 1.165) is 24.7 Å². The Hall–Kier alpha value is -0.360. The van der Waals surface area contributed by atoms with Gasteiger partial charge in [-0.05, 0) is 40.8 Å². The molecule has 2 aromatic rings. The van der Waals surface area contributed by atoms with E-state index in [-0.39, 0.29) is 0 Å². The monoisotopic (exact) mass is 363 g/mol. The van der Waals surface area contributed by atoms with Crippen molar-refractivity contribution in [3.63, 3.8) is 0 Å². The molecule has 0 spiro atoms. The average molecular weight is 364 g/mol. The fraction of sp³-hybridized carbons (Fsp3) is 0.100. The molecule has 0 fully saturated rings. The summed E-state index contributed by atoms with van der Waals surface area (Å²) < 4.78 is 7.28. The third-order valence-corrected chi connectivity index (χ3v) is 3.34. The van der Waals surface area contributed by atoms with E-state index < -0.39 is 0 Å². The van der Waals surface area contributed by atoms with Gasteiger partial charge in [0.25, 0.3) is 0 Å². The summed E-state index contributed by atoms with van der Waals surface area (Å²) in [4.78, 5) is 4.26. The summed E-state index contributed by atoms with van der Waals surface area (Å²) in [7, 11) is 1.66. The van der Waals surface area contributed by atoms with Crippen LogP contribution in [-0.4, -0.2) is 12.1 Å². The number of pyridine rings is 1. The highest BCUT2D eigenvalue weighted by Crippen LogP contribution is 2.29. The van der Waals surface area contributed by atoms with E-state index in [1.807, 2.05) is 18.2 Å². The molecule has 0 aliphatic rings. The van der Waals surface area contributed by atoms with E-state index in [4.69, 9.17) is 4.74 Å². The van der Waals surface area contributed by atoms with Gasteiger partial charge >= 0.3 is 0 Å². The Morgan fingerprint density at radius 1 is 1.36 bits per heavy atom. The maximum Gasteiger partial charge on any atom is 0.145 e. The minimum Gasteiger partial charge on any atom is -0.494 e. The summed E-state index contributed by atoms with van der Waals surface area (Å²) in [6, 6.07) is 6.08. The maximum absolute atomic E-state index is 5.24. The molecule has 0 amide bonds. The van der Waals surface area contributed by atoms with E-state index in [2.05, 4.69) is 43.5 Å². The summed E-state index contributed by atoms with van der Waals surface area (Å²) in [5.41, 5.74) is 0. The largest absolute Gasteiger partial charge is 0.494 e. The standard InChI is InChI=1S/C10H7BrINO/c1-14-9-5-13-10(12)8-4-6(11)2-3-7(8)9/h2-5H,1H3. The Balaban J connectivity index is 2.84. The molecule has 1 aromatic carbocycles. The van der Waals surface area contributed by atoms with Crippen LogP contribution < -0.4 is 4.74 Å². The van der Waals surface area contributed by atoms with Gasteiger partial charge in [0.05, 0.1) is 13.3 Å². The first-order valence-corrected chi connectivity index (χ1v) is 5.87. The van der Waals surface area contributed by atoms with Gasteiger partial charge in [0, 0.05) is 15.2 Å². The first-order valence-electron chi connectivity index (χ1n) is 4.00. The number of fused-ring (bicyclic) bond motifs is 1. The highest BCUT2D eigenvalue weighted by atomic mass is 127.